The number of amides is 1. The molecule has 2 aromatic rings. The van der Waals surface area contributed by atoms with Crippen LogP contribution >= 0.6 is 0 Å². The van der Waals surface area contributed by atoms with Crippen molar-refractivity contribution < 1.29 is 23.8 Å². The fourth-order valence-electron chi connectivity index (χ4n) is 3.27. The van der Waals surface area contributed by atoms with Crippen molar-refractivity contribution in [2.45, 2.75) is 38.8 Å². The summed E-state index contributed by atoms with van der Waals surface area (Å²) in [6.45, 7) is 5.75. The summed E-state index contributed by atoms with van der Waals surface area (Å²) in [5, 5.41) is 0.983. The number of nitrogens with zero attached hydrogens (tertiary/aromatic N) is 1. The number of hydrogen-bond acceptors (Lipinski definition) is 5. The molecule has 0 saturated carbocycles. The minimum Gasteiger partial charge on any atom is -0.497 e. The van der Waals surface area contributed by atoms with Crippen LogP contribution in [0.5, 0.6) is 5.75 Å². The van der Waals surface area contributed by atoms with Gasteiger partial charge in [-0.3, -0.25) is 4.90 Å². The first-order chi connectivity index (χ1) is 12.2. The summed E-state index contributed by atoms with van der Waals surface area (Å²) in [6.07, 6.45) is 0.0738. The van der Waals surface area contributed by atoms with Crippen molar-refractivity contribution in [2.24, 2.45) is 0 Å². The fourth-order valence-corrected chi connectivity index (χ4v) is 3.27. The highest BCUT2D eigenvalue weighted by Gasteiger charge is 2.40. The van der Waals surface area contributed by atoms with Crippen molar-refractivity contribution in [3.05, 3.63) is 29.5 Å². The van der Waals surface area contributed by atoms with E-state index in [1.165, 1.54) is 12.0 Å². The van der Waals surface area contributed by atoms with E-state index >= 15 is 0 Å². The zero-order chi connectivity index (χ0) is 19.1. The first kappa shape index (κ1) is 18.1. The van der Waals surface area contributed by atoms with Crippen LogP contribution < -0.4 is 4.74 Å². The normalized spacial score (nSPS) is 17.0. The van der Waals surface area contributed by atoms with E-state index in [1.54, 1.807) is 27.9 Å². The molecule has 26 heavy (non-hydrogen) atoms. The lowest BCUT2D eigenvalue weighted by atomic mass is 9.97. The van der Waals surface area contributed by atoms with Crippen molar-refractivity contribution in [1.29, 1.82) is 0 Å². The Morgan fingerprint density at radius 2 is 1.96 bits per heavy atom. The van der Waals surface area contributed by atoms with Gasteiger partial charge < -0.3 is 19.2 Å². The van der Waals surface area contributed by atoms with Crippen LogP contribution in [0, 0.1) is 0 Å². The summed E-state index contributed by atoms with van der Waals surface area (Å²) < 4.78 is 15.7. The van der Waals surface area contributed by atoms with Gasteiger partial charge in [-0.05, 0) is 51.0 Å². The van der Waals surface area contributed by atoms with Gasteiger partial charge in [0.25, 0.3) is 0 Å². The SMILES string of the molecule is COC(=O)C1c2[nH]c3ccc(OC)cc3c2CCN1C(=O)OC(C)(C)C. The van der Waals surface area contributed by atoms with Gasteiger partial charge in [0.2, 0.25) is 0 Å². The molecule has 1 aromatic heterocycles. The number of carbonyl (C=O) groups is 2. The lowest BCUT2D eigenvalue weighted by Crippen LogP contribution is -2.46. The van der Waals surface area contributed by atoms with E-state index in [0.29, 0.717) is 18.7 Å². The third kappa shape index (κ3) is 3.21. The van der Waals surface area contributed by atoms with Crippen LogP contribution in [0.25, 0.3) is 10.9 Å². The molecule has 3 rings (SSSR count). The van der Waals surface area contributed by atoms with Crippen LogP contribution in [0.2, 0.25) is 0 Å². The standard InChI is InChI=1S/C19H24N2O5/c1-19(2,3)26-18(23)21-9-8-12-13-10-11(24-4)6-7-14(13)20-15(12)16(21)17(22)25-5/h6-7,10,16,20H,8-9H2,1-5H3. The highest BCUT2D eigenvalue weighted by Crippen LogP contribution is 2.37. The molecule has 1 N–H and O–H groups in total. The number of nitrogens with one attached hydrogen (secondary N) is 1. The molecule has 1 unspecified atom stereocenters. The van der Waals surface area contributed by atoms with E-state index < -0.39 is 23.7 Å². The average molecular weight is 360 g/mol. The molecule has 1 aromatic carbocycles. The van der Waals surface area contributed by atoms with Crippen molar-refractivity contribution in [1.82, 2.24) is 9.88 Å². The molecule has 7 nitrogen and oxygen atoms in total. The number of H-pyrrole nitrogens is 1. The predicted molar refractivity (Wildman–Crippen MR) is 96.3 cm³/mol. The van der Waals surface area contributed by atoms with Gasteiger partial charge in [0.05, 0.1) is 19.9 Å². The van der Waals surface area contributed by atoms with Gasteiger partial charge in [-0.25, -0.2) is 9.59 Å². The number of esters is 1. The van der Waals surface area contributed by atoms with E-state index in [9.17, 15) is 9.59 Å². The Bertz CT molecular complexity index is 849. The van der Waals surface area contributed by atoms with Crippen LogP contribution in [0.3, 0.4) is 0 Å². The van der Waals surface area contributed by atoms with Gasteiger partial charge in [-0.15, -0.1) is 0 Å². The summed E-state index contributed by atoms with van der Waals surface area (Å²) >= 11 is 0. The number of rotatable bonds is 2. The van der Waals surface area contributed by atoms with E-state index in [1.807, 2.05) is 18.2 Å². The van der Waals surface area contributed by atoms with Gasteiger partial charge in [-0.2, -0.15) is 0 Å². The number of ether oxygens (including phenoxy) is 3. The maximum absolute atomic E-state index is 12.6. The lowest BCUT2D eigenvalue weighted by Gasteiger charge is -2.35. The third-order valence-electron chi connectivity index (χ3n) is 4.39. The molecule has 7 heteroatoms. The Labute approximate surface area is 152 Å². The quantitative estimate of drug-likeness (QED) is 0.832. The van der Waals surface area contributed by atoms with Crippen LogP contribution in [0.15, 0.2) is 18.2 Å². The van der Waals surface area contributed by atoms with Crippen molar-refractivity contribution in [2.75, 3.05) is 20.8 Å². The van der Waals surface area contributed by atoms with E-state index in [-0.39, 0.29) is 0 Å². The minimum atomic E-state index is -0.864. The Hall–Kier alpha value is -2.70. The molecule has 1 aliphatic rings. The van der Waals surface area contributed by atoms with Gasteiger partial charge >= 0.3 is 12.1 Å². The predicted octanol–water partition coefficient (Wildman–Crippen LogP) is 3.18. The van der Waals surface area contributed by atoms with E-state index in [4.69, 9.17) is 14.2 Å². The number of fused-ring (bicyclic) bond motifs is 3. The minimum absolute atomic E-state index is 0.367. The smallest absolute Gasteiger partial charge is 0.411 e. The molecule has 140 valence electrons. The van der Waals surface area contributed by atoms with Gasteiger partial charge in [0.15, 0.2) is 6.04 Å². The monoisotopic (exact) mass is 360 g/mol. The third-order valence-corrected chi connectivity index (χ3v) is 4.39. The average Bonchev–Trinajstić information content (AvgIpc) is 2.96. The molecular weight excluding hydrogens is 336 g/mol. The maximum atomic E-state index is 12.6. The lowest BCUT2D eigenvalue weighted by molar-refractivity contribution is -0.147. The Morgan fingerprint density at radius 1 is 1.23 bits per heavy atom. The van der Waals surface area contributed by atoms with E-state index in [0.717, 1.165) is 22.2 Å². The second-order valence-corrected chi connectivity index (χ2v) is 7.28. The zero-order valence-electron chi connectivity index (χ0n) is 15.7. The number of aromatic nitrogens is 1. The Balaban J connectivity index is 2.06. The number of aromatic amines is 1. The van der Waals surface area contributed by atoms with Crippen LogP contribution in [-0.2, 0) is 20.7 Å². The van der Waals surface area contributed by atoms with Crippen molar-refractivity contribution in [3.63, 3.8) is 0 Å². The van der Waals surface area contributed by atoms with Gasteiger partial charge in [-0.1, -0.05) is 0 Å². The van der Waals surface area contributed by atoms with Crippen molar-refractivity contribution in [3.8, 4) is 5.75 Å². The molecule has 0 aliphatic carbocycles. The summed E-state index contributed by atoms with van der Waals surface area (Å²) in [6, 6.07) is 4.82. The summed E-state index contributed by atoms with van der Waals surface area (Å²) in [5.74, 6) is 0.235. The summed E-state index contributed by atoms with van der Waals surface area (Å²) in [4.78, 5) is 29.8. The molecule has 0 fully saturated rings. The molecule has 0 saturated heterocycles. The highest BCUT2D eigenvalue weighted by atomic mass is 16.6. The number of carbonyl (C=O) groups excluding carboxylic acids is 2. The number of benzene rings is 1. The Morgan fingerprint density at radius 3 is 2.58 bits per heavy atom. The molecule has 1 aliphatic heterocycles. The van der Waals surface area contributed by atoms with Gasteiger partial charge in [0.1, 0.15) is 11.4 Å². The summed E-state index contributed by atoms with van der Waals surface area (Å²) in [7, 11) is 2.93. The number of hydrogen-bond donors (Lipinski definition) is 1. The van der Waals surface area contributed by atoms with Crippen LogP contribution in [-0.4, -0.2) is 48.3 Å². The molecule has 0 radical (unpaired) electrons. The van der Waals surface area contributed by atoms with Crippen LogP contribution in [0.4, 0.5) is 4.79 Å². The van der Waals surface area contributed by atoms with Crippen molar-refractivity contribution >= 4 is 23.0 Å². The van der Waals surface area contributed by atoms with E-state index in [2.05, 4.69) is 4.98 Å². The largest absolute Gasteiger partial charge is 0.497 e. The molecule has 1 amide bonds. The molecule has 0 bridgehead atoms. The molecule has 2 heterocycles. The number of methoxy groups -OCH3 is 2. The fraction of sp³-hybridized carbons (Fsp3) is 0.474. The maximum Gasteiger partial charge on any atom is 0.411 e. The topological polar surface area (TPSA) is 80.9 Å². The second kappa shape index (κ2) is 6.55. The molecule has 1 atom stereocenters. The summed E-state index contributed by atoms with van der Waals surface area (Å²) in [5.41, 5.74) is 1.90. The Kier molecular flexibility index (Phi) is 4.56. The zero-order valence-corrected chi connectivity index (χ0v) is 15.7. The first-order valence-corrected chi connectivity index (χ1v) is 8.51. The molecular formula is C19H24N2O5. The highest BCUT2D eigenvalue weighted by molar-refractivity contribution is 5.91. The second-order valence-electron chi connectivity index (χ2n) is 7.28. The van der Waals surface area contributed by atoms with Gasteiger partial charge in [0, 0.05) is 17.4 Å². The van der Waals surface area contributed by atoms with Crippen LogP contribution in [0.1, 0.15) is 38.1 Å². The molecule has 0 spiro atoms. The first-order valence-electron chi connectivity index (χ1n) is 8.51.